The summed E-state index contributed by atoms with van der Waals surface area (Å²) in [6.07, 6.45) is 0.883. The topological polar surface area (TPSA) is 34.9 Å². The van der Waals surface area contributed by atoms with Crippen LogP contribution in [0.3, 0.4) is 0 Å². The van der Waals surface area contributed by atoms with E-state index in [1.54, 1.807) is 6.92 Å². The van der Waals surface area contributed by atoms with Gasteiger partial charge in [0.2, 0.25) is 0 Å². The maximum absolute atomic E-state index is 13.6. The molecule has 1 aromatic heterocycles. The average Bonchev–Trinajstić information content (AvgIpc) is 2.70. The maximum atomic E-state index is 13.6. The molecule has 0 saturated heterocycles. The van der Waals surface area contributed by atoms with Crippen molar-refractivity contribution in [1.82, 2.24) is 9.78 Å². The van der Waals surface area contributed by atoms with Crippen LogP contribution in [-0.4, -0.2) is 16.1 Å². The van der Waals surface area contributed by atoms with Crippen LogP contribution in [0, 0.1) is 17.5 Å². The molecule has 3 nitrogen and oxygen atoms in total. The predicted molar refractivity (Wildman–Crippen MR) is 63.2 cm³/mol. The molecule has 0 aliphatic rings. The fourth-order valence-corrected chi connectivity index (χ4v) is 1.95. The summed E-state index contributed by atoms with van der Waals surface area (Å²) in [4.78, 5) is 10.9. The molecule has 0 fully saturated rings. The minimum absolute atomic E-state index is 0.105. The van der Waals surface area contributed by atoms with Crippen LogP contribution in [0.5, 0.6) is 0 Å². The van der Waals surface area contributed by atoms with Crippen LogP contribution in [0.25, 0.3) is 5.69 Å². The largest absolute Gasteiger partial charge is 0.298 e. The van der Waals surface area contributed by atoms with Crippen molar-refractivity contribution in [3.63, 3.8) is 0 Å². The van der Waals surface area contributed by atoms with Crippen LogP contribution in [0.2, 0.25) is 5.15 Å². The number of carbonyl (C=O) groups is 1. The second kappa shape index (κ2) is 5.05. The number of nitrogens with zero attached hydrogens (tertiary/aromatic N) is 2. The Hall–Kier alpha value is -1.82. The normalized spacial score (nSPS) is 10.8. The lowest BCUT2D eigenvalue weighted by Crippen LogP contribution is -2.03. The number of benzene rings is 1. The van der Waals surface area contributed by atoms with Crippen LogP contribution in [0.1, 0.15) is 23.0 Å². The molecule has 0 bridgehead atoms. The van der Waals surface area contributed by atoms with Gasteiger partial charge in [0.15, 0.2) is 23.7 Å². The van der Waals surface area contributed by atoms with Crippen molar-refractivity contribution >= 4 is 17.9 Å². The average molecular weight is 289 g/mol. The molecule has 0 aliphatic heterocycles. The van der Waals surface area contributed by atoms with Crippen LogP contribution in [-0.2, 0) is 6.42 Å². The molecular weight excluding hydrogens is 281 g/mol. The predicted octanol–water partition coefficient (Wildman–Crippen LogP) is 3.32. The molecule has 0 spiro atoms. The molecule has 0 amide bonds. The summed E-state index contributed by atoms with van der Waals surface area (Å²) in [6, 6.07) is 1.03. The monoisotopic (exact) mass is 288 g/mol. The number of hydrogen-bond acceptors (Lipinski definition) is 2. The first-order valence-corrected chi connectivity index (χ1v) is 5.74. The standard InChI is InChI=1S/C12H8ClF3N2O/c1-2-10-6(5-19)12(13)18(17-10)11-4-8(15)7(14)3-9(11)16/h3-5H,2H2,1H3. The Balaban J connectivity index is 2.69. The van der Waals surface area contributed by atoms with Crippen molar-refractivity contribution in [1.29, 1.82) is 0 Å². The highest BCUT2D eigenvalue weighted by Crippen LogP contribution is 2.25. The molecule has 0 saturated carbocycles. The molecule has 0 unspecified atom stereocenters. The zero-order chi connectivity index (χ0) is 14.2. The van der Waals surface area contributed by atoms with Crippen LogP contribution >= 0.6 is 11.6 Å². The van der Waals surface area contributed by atoms with Gasteiger partial charge in [0, 0.05) is 12.1 Å². The summed E-state index contributed by atoms with van der Waals surface area (Å²) in [5.74, 6) is -3.56. The van der Waals surface area contributed by atoms with Crippen molar-refractivity contribution in [2.45, 2.75) is 13.3 Å². The Morgan fingerprint density at radius 2 is 1.89 bits per heavy atom. The van der Waals surface area contributed by atoms with Gasteiger partial charge in [0.1, 0.15) is 10.8 Å². The molecular formula is C12H8ClF3N2O. The first-order valence-electron chi connectivity index (χ1n) is 5.37. The SMILES string of the molecule is CCc1nn(-c2cc(F)c(F)cc2F)c(Cl)c1C=O. The highest BCUT2D eigenvalue weighted by Gasteiger charge is 2.19. The second-order valence-electron chi connectivity index (χ2n) is 3.75. The summed E-state index contributed by atoms with van der Waals surface area (Å²) < 4.78 is 40.5. The third-order valence-electron chi connectivity index (χ3n) is 2.61. The van der Waals surface area contributed by atoms with Crippen molar-refractivity contribution in [2.75, 3.05) is 0 Å². The molecule has 1 aromatic carbocycles. The molecule has 2 aromatic rings. The molecule has 0 aliphatic carbocycles. The summed E-state index contributed by atoms with van der Waals surface area (Å²) in [6.45, 7) is 1.73. The molecule has 19 heavy (non-hydrogen) atoms. The third-order valence-corrected chi connectivity index (χ3v) is 2.97. The van der Waals surface area contributed by atoms with Gasteiger partial charge in [-0.15, -0.1) is 0 Å². The van der Waals surface area contributed by atoms with Gasteiger partial charge in [-0.05, 0) is 6.42 Å². The molecule has 0 radical (unpaired) electrons. The number of aromatic nitrogens is 2. The van der Waals surface area contributed by atoms with Crippen LogP contribution in [0.15, 0.2) is 12.1 Å². The highest BCUT2D eigenvalue weighted by atomic mass is 35.5. The van der Waals surface area contributed by atoms with Gasteiger partial charge in [-0.1, -0.05) is 18.5 Å². The number of aldehydes is 1. The summed E-state index contributed by atoms with van der Waals surface area (Å²) in [5.41, 5.74) is 0.101. The Kier molecular flexibility index (Phi) is 3.61. The van der Waals surface area contributed by atoms with E-state index in [4.69, 9.17) is 11.6 Å². The Morgan fingerprint density at radius 3 is 2.42 bits per heavy atom. The number of hydrogen-bond donors (Lipinski definition) is 0. The Labute approximate surface area is 111 Å². The number of halogens is 4. The van der Waals surface area contributed by atoms with Crippen molar-refractivity contribution in [3.8, 4) is 5.69 Å². The third kappa shape index (κ3) is 2.23. The van der Waals surface area contributed by atoms with Gasteiger partial charge in [-0.25, -0.2) is 17.9 Å². The fraction of sp³-hybridized carbons (Fsp3) is 0.167. The summed E-state index contributed by atoms with van der Waals surface area (Å²) >= 11 is 5.89. The number of carbonyl (C=O) groups excluding carboxylic acids is 1. The van der Waals surface area contributed by atoms with Gasteiger partial charge >= 0.3 is 0 Å². The molecule has 7 heteroatoms. The van der Waals surface area contributed by atoms with Gasteiger partial charge < -0.3 is 0 Å². The maximum Gasteiger partial charge on any atom is 0.161 e. The van der Waals surface area contributed by atoms with Gasteiger partial charge in [-0.2, -0.15) is 5.10 Å². The zero-order valence-electron chi connectivity index (χ0n) is 9.75. The zero-order valence-corrected chi connectivity index (χ0v) is 10.5. The molecule has 1 heterocycles. The molecule has 0 atom stereocenters. The number of rotatable bonds is 3. The van der Waals surface area contributed by atoms with E-state index in [0.29, 0.717) is 30.5 Å². The van der Waals surface area contributed by atoms with Crippen molar-refractivity contribution < 1.29 is 18.0 Å². The lowest BCUT2D eigenvalue weighted by atomic mass is 10.2. The van der Waals surface area contributed by atoms with E-state index in [2.05, 4.69) is 5.10 Å². The smallest absolute Gasteiger partial charge is 0.161 e. The van der Waals surface area contributed by atoms with E-state index in [-0.39, 0.29) is 16.4 Å². The summed E-state index contributed by atoms with van der Waals surface area (Å²) in [7, 11) is 0. The minimum Gasteiger partial charge on any atom is -0.298 e. The fourth-order valence-electron chi connectivity index (χ4n) is 1.66. The van der Waals surface area contributed by atoms with E-state index in [1.165, 1.54) is 0 Å². The minimum atomic E-state index is -1.31. The quantitative estimate of drug-likeness (QED) is 0.641. The second-order valence-corrected chi connectivity index (χ2v) is 4.11. The first kappa shape index (κ1) is 13.6. The Bertz CT molecular complexity index is 655. The first-order chi connectivity index (χ1) is 8.99. The number of aryl methyl sites for hydroxylation is 1. The van der Waals surface area contributed by atoms with Crippen molar-refractivity contribution in [2.24, 2.45) is 0 Å². The lowest BCUT2D eigenvalue weighted by molar-refractivity contribution is 0.112. The van der Waals surface area contributed by atoms with E-state index < -0.39 is 17.5 Å². The van der Waals surface area contributed by atoms with Crippen LogP contribution in [0.4, 0.5) is 13.2 Å². The van der Waals surface area contributed by atoms with Crippen molar-refractivity contribution in [3.05, 3.63) is 46.0 Å². The van der Waals surface area contributed by atoms with E-state index >= 15 is 0 Å². The Morgan fingerprint density at radius 1 is 1.26 bits per heavy atom. The molecule has 100 valence electrons. The summed E-state index contributed by atoms with van der Waals surface area (Å²) in [5, 5.41) is 3.78. The highest BCUT2D eigenvalue weighted by molar-refractivity contribution is 6.32. The van der Waals surface area contributed by atoms with Gasteiger partial charge in [0.25, 0.3) is 0 Å². The molecule has 0 N–H and O–H groups in total. The van der Waals surface area contributed by atoms with Gasteiger partial charge in [0.05, 0.1) is 11.3 Å². The van der Waals surface area contributed by atoms with E-state index in [9.17, 15) is 18.0 Å². The van der Waals surface area contributed by atoms with Crippen LogP contribution < -0.4 is 0 Å². The molecule has 2 rings (SSSR count). The lowest BCUT2D eigenvalue weighted by Gasteiger charge is -2.05. The van der Waals surface area contributed by atoms with Gasteiger partial charge in [-0.3, -0.25) is 4.79 Å². The van der Waals surface area contributed by atoms with E-state index in [1.807, 2.05) is 0 Å². The van der Waals surface area contributed by atoms with E-state index in [0.717, 1.165) is 4.68 Å².